The largest absolute Gasteiger partial charge is 0.388 e. The van der Waals surface area contributed by atoms with Crippen LogP contribution in [0.4, 0.5) is 0 Å². The average molecular weight is 339 g/mol. The van der Waals surface area contributed by atoms with Crippen LogP contribution in [0.1, 0.15) is 46.5 Å². The number of nitrogens with two attached hydrogens (primary N) is 1. The number of aliphatic imine (C=N–C) groups is 1. The van der Waals surface area contributed by atoms with Gasteiger partial charge in [-0.05, 0) is 33.6 Å². The maximum absolute atomic E-state index is 11.6. The second kappa shape index (κ2) is 7.70. The standard InChI is InChI=1S/C17H33N5O2/c1-4-19-15(20-13-17(24)7-5-6-8-17)21-9-11-22(12-10-21)16(2,3)14(18)23/h24H,4-13H2,1-3H3,(H2,18,23)(H,19,20). The van der Waals surface area contributed by atoms with Gasteiger partial charge in [-0.2, -0.15) is 0 Å². The van der Waals surface area contributed by atoms with Gasteiger partial charge >= 0.3 is 0 Å². The van der Waals surface area contributed by atoms with E-state index in [4.69, 9.17) is 5.73 Å². The Balaban J connectivity index is 1.96. The minimum absolute atomic E-state index is 0.292. The summed E-state index contributed by atoms with van der Waals surface area (Å²) < 4.78 is 0. The zero-order chi connectivity index (χ0) is 17.8. The summed E-state index contributed by atoms with van der Waals surface area (Å²) in [5.74, 6) is 0.564. The summed E-state index contributed by atoms with van der Waals surface area (Å²) in [6.45, 7) is 10.2. The monoisotopic (exact) mass is 339 g/mol. The third-order valence-electron chi connectivity index (χ3n) is 5.37. The Morgan fingerprint density at radius 1 is 1.25 bits per heavy atom. The molecular weight excluding hydrogens is 306 g/mol. The third-order valence-corrected chi connectivity index (χ3v) is 5.37. The summed E-state index contributed by atoms with van der Waals surface area (Å²) in [6, 6.07) is 0. The molecular formula is C17H33N5O2. The fourth-order valence-electron chi connectivity index (χ4n) is 3.47. The molecule has 1 aliphatic carbocycles. The van der Waals surface area contributed by atoms with E-state index in [-0.39, 0.29) is 5.91 Å². The number of nitrogens with zero attached hydrogens (tertiary/aromatic N) is 3. The number of piperazine rings is 1. The van der Waals surface area contributed by atoms with Crippen LogP contribution in [0.15, 0.2) is 4.99 Å². The molecule has 24 heavy (non-hydrogen) atoms. The van der Waals surface area contributed by atoms with Crippen LogP contribution in [0.25, 0.3) is 0 Å². The molecule has 0 spiro atoms. The van der Waals surface area contributed by atoms with Gasteiger partial charge in [-0.1, -0.05) is 12.8 Å². The van der Waals surface area contributed by atoms with E-state index in [0.717, 1.165) is 64.4 Å². The first-order valence-corrected chi connectivity index (χ1v) is 9.09. The highest BCUT2D eigenvalue weighted by molar-refractivity contribution is 5.84. The van der Waals surface area contributed by atoms with Crippen LogP contribution in [0.3, 0.4) is 0 Å². The Morgan fingerprint density at radius 3 is 2.33 bits per heavy atom. The van der Waals surface area contributed by atoms with Crippen molar-refractivity contribution in [2.24, 2.45) is 10.7 Å². The normalized spacial score (nSPS) is 22.7. The number of guanidine groups is 1. The van der Waals surface area contributed by atoms with Crippen LogP contribution in [-0.2, 0) is 4.79 Å². The van der Waals surface area contributed by atoms with E-state index in [2.05, 4.69) is 20.1 Å². The summed E-state index contributed by atoms with van der Waals surface area (Å²) in [6.07, 6.45) is 3.86. The lowest BCUT2D eigenvalue weighted by molar-refractivity contribution is -0.129. The number of amides is 1. The minimum atomic E-state index is -0.629. The number of carbonyl (C=O) groups excluding carboxylic acids is 1. The number of carbonyl (C=O) groups is 1. The summed E-state index contributed by atoms with van der Waals surface area (Å²) in [7, 11) is 0. The van der Waals surface area contributed by atoms with Crippen molar-refractivity contribution in [1.29, 1.82) is 0 Å². The third kappa shape index (κ3) is 4.39. The van der Waals surface area contributed by atoms with Crippen LogP contribution in [0, 0.1) is 0 Å². The van der Waals surface area contributed by atoms with Crippen LogP contribution in [0.5, 0.6) is 0 Å². The summed E-state index contributed by atoms with van der Waals surface area (Å²) in [5.41, 5.74) is 4.26. The molecule has 0 bridgehead atoms. The molecule has 2 rings (SSSR count). The first-order chi connectivity index (χ1) is 11.3. The molecule has 7 nitrogen and oxygen atoms in total. The quantitative estimate of drug-likeness (QED) is 0.489. The molecule has 0 aromatic carbocycles. The number of nitrogens with one attached hydrogen (secondary N) is 1. The van der Waals surface area contributed by atoms with E-state index < -0.39 is 11.1 Å². The molecule has 1 aliphatic heterocycles. The molecule has 0 radical (unpaired) electrons. The molecule has 0 aromatic heterocycles. The Kier molecular flexibility index (Phi) is 6.09. The fraction of sp³-hybridized carbons (Fsp3) is 0.882. The Bertz CT molecular complexity index is 464. The maximum atomic E-state index is 11.6. The zero-order valence-corrected chi connectivity index (χ0v) is 15.3. The van der Waals surface area contributed by atoms with Gasteiger partial charge in [0, 0.05) is 32.7 Å². The molecule has 1 heterocycles. The van der Waals surface area contributed by atoms with Crippen molar-refractivity contribution in [1.82, 2.24) is 15.1 Å². The second-order valence-corrected chi connectivity index (χ2v) is 7.50. The molecule has 2 fully saturated rings. The smallest absolute Gasteiger partial charge is 0.237 e. The van der Waals surface area contributed by atoms with Gasteiger partial charge in [0.15, 0.2) is 5.96 Å². The second-order valence-electron chi connectivity index (χ2n) is 7.50. The van der Waals surface area contributed by atoms with Crippen molar-refractivity contribution in [3.8, 4) is 0 Å². The minimum Gasteiger partial charge on any atom is -0.388 e. The first-order valence-electron chi connectivity index (χ1n) is 9.09. The zero-order valence-electron chi connectivity index (χ0n) is 15.3. The van der Waals surface area contributed by atoms with Gasteiger partial charge in [0.05, 0.1) is 17.7 Å². The molecule has 0 atom stereocenters. The van der Waals surface area contributed by atoms with Crippen molar-refractivity contribution in [3.63, 3.8) is 0 Å². The van der Waals surface area contributed by atoms with Crippen molar-refractivity contribution in [3.05, 3.63) is 0 Å². The Labute approximate surface area is 145 Å². The number of hydrogen-bond donors (Lipinski definition) is 3. The molecule has 1 saturated carbocycles. The van der Waals surface area contributed by atoms with Crippen molar-refractivity contribution in [2.75, 3.05) is 39.3 Å². The molecule has 2 aliphatic rings. The lowest BCUT2D eigenvalue weighted by atomic mass is 10.0. The van der Waals surface area contributed by atoms with Crippen LogP contribution < -0.4 is 11.1 Å². The highest BCUT2D eigenvalue weighted by Crippen LogP contribution is 2.29. The molecule has 7 heteroatoms. The highest BCUT2D eigenvalue weighted by atomic mass is 16.3. The SMILES string of the molecule is CCNC(=NCC1(O)CCCC1)N1CCN(C(C)(C)C(N)=O)CC1. The predicted molar refractivity (Wildman–Crippen MR) is 95.8 cm³/mol. The lowest BCUT2D eigenvalue weighted by Crippen LogP contribution is -2.61. The highest BCUT2D eigenvalue weighted by Gasteiger charge is 2.35. The number of rotatable bonds is 5. The van der Waals surface area contributed by atoms with E-state index >= 15 is 0 Å². The number of hydrogen-bond acceptors (Lipinski definition) is 4. The lowest BCUT2D eigenvalue weighted by Gasteiger charge is -2.43. The van der Waals surface area contributed by atoms with Gasteiger partial charge < -0.3 is 21.1 Å². The topological polar surface area (TPSA) is 94.2 Å². The van der Waals surface area contributed by atoms with E-state index in [1.54, 1.807) is 0 Å². The van der Waals surface area contributed by atoms with Gasteiger partial charge in [0.1, 0.15) is 0 Å². The van der Waals surface area contributed by atoms with Crippen LogP contribution >= 0.6 is 0 Å². The Hall–Kier alpha value is -1.34. The van der Waals surface area contributed by atoms with E-state index in [1.807, 2.05) is 20.8 Å². The molecule has 0 unspecified atom stereocenters. The van der Waals surface area contributed by atoms with Crippen molar-refractivity contribution >= 4 is 11.9 Å². The van der Waals surface area contributed by atoms with Gasteiger partial charge in [0.25, 0.3) is 0 Å². The summed E-state index contributed by atoms with van der Waals surface area (Å²) >= 11 is 0. The van der Waals surface area contributed by atoms with Gasteiger partial charge in [-0.25, -0.2) is 0 Å². The number of aliphatic hydroxyl groups is 1. The van der Waals surface area contributed by atoms with Crippen molar-refractivity contribution in [2.45, 2.75) is 57.6 Å². The van der Waals surface area contributed by atoms with Gasteiger partial charge in [0.2, 0.25) is 5.91 Å². The van der Waals surface area contributed by atoms with Gasteiger partial charge in [-0.3, -0.25) is 14.7 Å². The summed E-state index contributed by atoms with van der Waals surface area (Å²) in [4.78, 5) is 20.6. The van der Waals surface area contributed by atoms with E-state index in [1.165, 1.54) is 0 Å². The Morgan fingerprint density at radius 2 is 1.83 bits per heavy atom. The average Bonchev–Trinajstić information content (AvgIpc) is 2.98. The first kappa shape index (κ1) is 19.0. The summed E-state index contributed by atoms with van der Waals surface area (Å²) in [5, 5.41) is 13.8. The molecule has 1 saturated heterocycles. The van der Waals surface area contributed by atoms with Crippen LogP contribution in [0.2, 0.25) is 0 Å². The van der Waals surface area contributed by atoms with E-state index in [9.17, 15) is 9.90 Å². The maximum Gasteiger partial charge on any atom is 0.237 e. The van der Waals surface area contributed by atoms with Crippen molar-refractivity contribution < 1.29 is 9.90 Å². The molecule has 0 aromatic rings. The molecule has 4 N–H and O–H groups in total. The molecule has 1 amide bonds. The van der Waals surface area contributed by atoms with Crippen LogP contribution in [-0.4, -0.2) is 77.2 Å². The fourth-order valence-corrected chi connectivity index (χ4v) is 3.47. The van der Waals surface area contributed by atoms with E-state index in [0.29, 0.717) is 6.54 Å². The molecule has 138 valence electrons. The number of primary amides is 1. The van der Waals surface area contributed by atoms with Gasteiger partial charge in [-0.15, -0.1) is 0 Å². The predicted octanol–water partition coefficient (Wildman–Crippen LogP) is 0.139.